The first kappa shape index (κ1) is 17.6. The third-order valence-electron chi connectivity index (χ3n) is 3.63. The van der Waals surface area contributed by atoms with Crippen LogP contribution in [-0.2, 0) is 0 Å². The van der Waals surface area contributed by atoms with Crippen LogP contribution in [0.4, 0.5) is 10.1 Å². The van der Waals surface area contributed by atoms with Crippen molar-refractivity contribution in [3.05, 3.63) is 70.9 Å². The Morgan fingerprint density at radius 1 is 1.23 bits per heavy atom. The van der Waals surface area contributed by atoms with E-state index >= 15 is 0 Å². The van der Waals surface area contributed by atoms with Gasteiger partial charge in [0.2, 0.25) is 0 Å². The third kappa shape index (κ3) is 3.73. The Labute approximate surface area is 154 Å². The minimum absolute atomic E-state index is 0.332. The molecule has 6 heteroatoms. The molecule has 0 aliphatic rings. The van der Waals surface area contributed by atoms with Gasteiger partial charge in [-0.25, -0.2) is 4.39 Å². The summed E-state index contributed by atoms with van der Waals surface area (Å²) in [5.41, 5.74) is 1.30. The molecule has 4 nitrogen and oxygen atoms in total. The van der Waals surface area contributed by atoms with E-state index in [9.17, 15) is 9.18 Å². The van der Waals surface area contributed by atoms with Crippen molar-refractivity contribution >= 4 is 22.9 Å². The maximum Gasteiger partial charge on any atom is 0.265 e. The van der Waals surface area contributed by atoms with Gasteiger partial charge in [-0.1, -0.05) is 18.2 Å². The third-order valence-corrected chi connectivity index (χ3v) is 4.74. The molecule has 1 N–H and O–H groups in total. The first-order valence-electron chi connectivity index (χ1n) is 7.95. The zero-order valence-electron chi connectivity index (χ0n) is 14.0. The molecule has 0 saturated carbocycles. The molecule has 0 atom stereocenters. The number of hydrogen-bond donors (Lipinski definition) is 1. The van der Waals surface area contributed by atoms with Crippen molar-refractivity contribution in [2.75, 3.05) is 11.9 Å². The lowest BCUT2D eigenvalue weighted by Gasteiger charge is -2.11. The van der Waals surface area contributed by atoms with Gasteiger partial charge in [0.05, 0.1) is 28.8 Å². The van der Waals surface area contributed by atoms with Gasteiger partial charge in [-0.3, -0.25) is 4.79 Å². The number of anilines is 1. The number of nitriles is 1. The number of thiophene rings is 1. The number of hydrogen-bond acceptors (Lipinski definition) is 4. The maximum absolute atomic E-state index is 13.9. The Morgan fingerprint density at radius 2 is 2.04 bits per heavy atom. The standard InChI is InChI=1S/C20H15FN2O2S/c1-2-25-17-8-7-13(12-22)11-16(17)23-20(24)19-10-9-18(26-19)14-5-3-4-6-15(14)21/h3-11H,2H2,1H3,(H,23,24). The van der Waals surface area contributed by atoms with Gasteiger partial charge < -0.3 is 10.1 Å². The molecule has 0 spiro atoms. The molecule has 2 aromatic carbocycles. The zero-order chi connectivity index (χ0) is 18.5. The highest BCUT2D eigenvalue weighted by Gasteiger charge is 2.15. The second-order valence-corrected chi connectivity index (χ2v) is 6.44. The van der Waals surface area contributed by atoms with Crippen LogP contribution in [0.15, 0.2) is 54.6 Å². The molecule has 0 saturated heterocycles. The summed E-state index contributed by atoms with van der Waals surface area (Å²) in [6.07, 6.45) is 0. The molecular weight excluding hydrogens is 351 g/mol. The highest BCUT2D eigenvalue weighted by molar-refractivity contribution is 7.17. The summed E-state index contributed by atoms with van der Waals surface area (Å²) in [4.78, 5) is 13.7. The van der Waals surface area contributed by atoms with Gasteiger partial charge in [-0.15, -0.1) is 11.3 Å². The molecule has 3 aromatic rings. The molecule has 0 fully saturated rings. The molecule has 1 heterocycles. The monoisotopic (exact) mass is 366 g/mol. The van der Waals surface area contributed by atoms with Crippen LogP contribution in [0, 0.1) is 17.1 Å². The molecule has 130 valence electrons. The molecule has 3 rings (SSSR count). The summed E-state index contributed by atoms with van der Waals surface area (Å²) in [6, 6.07) is 16.7. The van der Waals surface area contributed by atoms with Crippen LogP contribution in [-0.4, -0.2) is 12.5 Å². The molecule has 0 bridgehead atoms. The summed E-state index contributed by atoms with van der Waals surface area (Å²) in [6.45, 7) is 2.27. The number of carbonyl (C=O) groups excluding carboxylic acids is 1. The Bertz CT molecular complexity index is 991. The van der Waals surface area contributed by atoms with Crippen LogP contribution in [0.25, 0.3) is 10.4 Å². The van der Waals surface area contributed by atoms with Crippen molar-refractivity contribution in [1.82, 2.24) is 0 Å². The molecule has 1 amide bonds. The summed E-state index contributed by atoms with van der Waals surface area (Å²) in [7, 11) is 0. The van der Waals surface area contributed by atoms with Crippen molar-refractivity contribution in [2.45, 2.75) is 6.92 Å². The predicted molar refractivity (Wildman–Crippen MR) is 100.0 cm³/mol. The highest BCUT2D eigenvalue weighted by atomic mass is 32.1. The van der Waals surface area contributed by atoms with E-state index < -0.39 is 0 Å². The van der Waals surface area contributed by atoms with Gasteiger partial charge in [-0.05, 0) is 43.3 Å². The Hall–Kier alpha value is -3.17. The first-order valence-corrected chi connectivity index (χ1v) is 8.77. The number of rotatable bonds is 5. The van der Waals surface area contributed by atoms with Gasteiger partial charge in [0.1, 0.15) is 11.6 Å². The van der Waals surface area contributed by atoms with Crippen LogP contribution in [0.1, 0.15) is 22.2 Å². The minimum Gasteiger partial charge on any atom is -0.492 e. The lowest BCUT2D eigenvalue weighted by molar-refractivity contribution is 0.103. The molecule has 0 aliphatic carbocycles. The van der Waals surface area contributed by atoms with Gasteiger partial charge >= 0.3 is 0 Å². The molecule has 0 aliphatic heterocycles. The van der Waals surface area contributed by atoms with Gasteiger partial charge in [0, 0.05) is 10.4 Å². The van der Waals surface area contributed by atoms with Gasteiger partial charge in [0.15, 0.2) is 0 Å². The zero-order valence-corrected chi connectivity index (χ0v) is 14.8. The molecule has 0 unspecified atom stereocenters. The second-order valence-electron chi connectivity index (χ2n) is 5.35. The van der Waals surface area contributed by atoms with Crippen LogP contribution >= 0.6 is 11.3 Å². The van der Waals surface area contributed by atoms with E-state index in [1.165, 1.54) is 17.4 Å². The van der Waals surface area contributed by atoms with Crippen molar-refractivity contribution in [2.24, 2.45) is 0 Å². The van der Waals surface area contributed by atoms with Crippen LogP contribution < -0.4 is 10.1 Å². The number of ether oxygens (including phenoxy) is 1. The fourth-order valence-corrected chi connectivity index (χ4v) is 3.36. The smallest absolute Gasteiger partial charge is 0.265 e. The lowest BCUT2D eigenvalue weighted by atomic mass is 10.2. The fraction of sp³-hybridized carbons (Fsp3) is 0.100. The SMILES string of the molecule is CCOc1ccc(C#N)cc1NC(=O)c1ccc(-c2ccccc2F)s1. The van der Waals surface area contributed by atoms with E-state index in [0.717, 1.165) is 0 Å². The van der Waals surface area contributed by atoms with Crippen LogP contribution in [0.5, 0.6) is 5.75 Å². The topological polar surface area (TPSA) is 62.1 Å². The average molecular weight is 366 g/mol. The van der Waals surface area contributed by atoms with Crippen molar-refractivity contribution in [1.29, 1.82) is 5.26 Å². The largest absolute Gasteiger partial charge is 0.492 e. The summed E-state index contributed by atoms with van der Waals surface area (Å²) in [5, 5.41) is 11.8. The van der Waals surface area contributed by atoms with E-state index in [2.05, 4.69) is 5.32 Å². The van der Waals surface area contributed by atoms with Crippen molar-refractivity contribution in [3.8, 4) is 22.3 Å². The minimum atomic E-state index is -0.339. The Morgan fingerprint density at radius 3 is 2.77 bits per heavy atom. The normalized spacial score (nSPS) is 10.2. The predicted octanol–water partition coefficient (Wildman–Crippen LogP) is 5.08. The number of amides is 1. The number of nitrogens with one attached hydrogen (secondary N) is 1. The summed E-state index contributed by atoms with van der Waals surface area (Å²) in [5.74, 6) is -0.180. The van der Waals surface area contributed by atoms with Gasteiger partial charge in [-0.2, -0.15) is 5.26 Å². The van der Waals surface area contributed by atoms with Crippen LogP contribution in [0.3, 0.4) is 0 Å². The maximum atomic E-state index is 13.9. The highest BCUT2D eigenvalue weighted by Crippen LogP contribution is 2.31. The number of benzene rings is 2. The van der Waals surface area contributed by atoms with E-state index in [1.807, 2.05) is 13.0 Å². The van der Waals surface area contributed by atoms with Crippen molar-refractivity contribution < 1.29 is 13.9 Å². The number of nitrogens with zero attached hydrogens (tertiary/aromatic N) is 1. The van der Waals surface area contributed by atoms with Gasteiger partial charge in [0.25, 0.3) is 5.91 Å². The molecular formula is C20H15FN2O2S. The van der Waals surface area contributed by atoms with E-state index in [0.29, 0.717) is 38.9 Å². The molecule has 26 heavy (non-hydrogen) atoms. The summed E-state index contributed by atoms with van der Waals surface area (Å²) < 4.78 is 19.4. The summed E-state index contributed by atoms with van der Waals surface area (Å²) >= 11 is 1.20. The van der Waals surface area contributed by atoms with E-state index in [1.54, 1.807) is 48.5 Å². The molecule has 1 aromatic heterocycles. The van der Waals surface area contributed by atoms with E-state index in [4.69, 9.17) is 10.00 Å². The Kier molecular flexibility index (Phi) is 5.30. The lowest BCUT2D eigenvalue weighted by Crippen LogP contribution is -2.11. The Balaban J connectivity index is 1.86. The second kappa shape index (κ2) is 7.81. The molecule has 0 radical (unpaired) electrons. The fourth-order valence-electron chi connectivity index (χ4n) is 2.43. The average Bonchev–Trinajstić information content (AvgIpc) is 3.13. The first-order chi connectivity index (χ1) is 12.6. The number of halogens is 1. The number of carbonyl (C=O) groups is 1. The van der Waals surface area contributed by atoms with E-state index in [-0.39, 0.29) is 11.7 Å². The van der Waals surface area contributed by atoms with Crippen LogP contribution in [0.2, 0.25) is 0 Å². The quantitative estimate of drug-likeness (QED) is 0.685. The van der Waals surface area contributed by atoms with Crippen molar-refractivity contribution in [3.63, 3.8) is 0 Å².